The van der Waals surface area contributed by atoms with Gasteiger partial charge in [0.1, 0.15) is 4.83 Å². The van der Waals surface area contributed by atoms with Crippen molar-refractivity contribution in [2.24, 2.45) is 7.05 Å². The highest BCUT2D eigenvalue weighted by molar-refractivity contribution is 7.18. The van der Waals surface area contributed by atoms with Crippen molar-refractivity contribution in [3.05, 3.63) is 45.1 Å². The van der Waals surface area contributed by atoms with Gasteiger partial charge >= 0.3 is 0 Å². The highest BCUT2D eigenvalue weighted by atomic mass is 32.1. The van der Waals surface area contributed by atoms with Gasteiger partial charge in [-0.05, 0) is 37.7 Å². The molecule has 6 nitrogen and oxygen atoms in total. The predicted octanol–water partition coefficient (Wildman–Crippen LogP) is 3.41. The molecule has 0 radical (unpaired) electrons. The second-order valence-electron chi connectivity index (χ2n) is 8.68. The molecule has 2 aliphatic carbocycles. The third-order valence-corrected chi connectivity index (χ3v) is 7.64. The average Bonchev–Trinajstić information content (AvgIpc) is 3.19. The van der Waals surface area contributed by atoms with Gasteiger partial charge in [0, 0.05) is 35.8 Å². The Labute approximate surface area is 175 Å². The topological polar surface area (TPSA) is 64.7 Å². The molecule has 0 saturated heterocycles. The molecule has 1 N–H and O–H groups in total. The molecule has 1 atom stereocenters. The van der Waals surface area contributed by atoms with Crippen molar-refractivity contribution in [2.75, 3.05) is 0 Å². The van der Waals surface area contributed by atoms with Crippen molar-refractivity contribution in [3.63, 3.8) is 0 Å². The van der Waals surface area contributed by atoms with E-state index in [0.717, 1.165) is 35.0 Å². The third kappa shape index (κ3) is 3.90. The van der Waals surface area contributed by atoms with Crippen LogP contribution in [0.5, 0.6) is 0 Å². The third-order valence-electron chi connectivity index (χ3n) is 6.47. The number of fused-ring (bicyclic) bond motifs is 3. The standard InChI is InChI=1S/C22H29N5OS/c1-26-12-15(11-24-26)13-27-14-23-21-20(22(27)28)18-9-8-17(10-19(18)29-21)25-16-6-4-2-3-5-7-16/h11-12,14,16-17,25H,2-10,13H2,1H3/t17-/m1/s1. The van der Waals surface area contributed by atoms with E-state index >= 15 is 0 Å². The molecule has 3 aromatic heterocycles. The summed E-state index contributed by atoms with van der Waals surface area (Å²) < 4.78 is 3.49. The molecule has 0 spiro atoms. The number of hydrogen-bond donors (Lipinski definition) is 1. The van der Waals surface area contributed by atoms with Crippen molar-refractivity contribution in [2.45, 2.75) is 76.4 Å². The zero-order valence-electron chi connectivity index (χ0n) is 17.1. The Kier molecular flexibility index (Phi) is 5.26. The average molecular weight is 412 g/mol. The normalized spacial score (nSPS) is 20.7. The zero-order chi connectivity index (χ0) is 19.8. The number of hydrogen-bond acceptors (Lipinski definition) is 5. The van der Waals surface area contributed by atoms with Crippen molar-refractivity contribution >= 4 is 21.6 Å². The van der Waals surface area contributed by atoms with E-state index < -0.39 is 0 Å². The molecule has 3 aromatic rings. The fraction of sp³-hybridized carbons (Fsp3) is 0.591. The molecule has 7 heteroatoms. The summed E-state index contributed by atoms with van der Waals surface area (Å²) in [4.78, 5) is 20.1. The number of aromatic nitrogens is 4. The summed E-state index contributed by atoms with van der Waals surface area (Å²) in [5, 5.41) is 8.99. The van der Waals surface area contributed by atoms with Crippen LogP contribution in [-0.4, -0.2) is 31.4 Å². The Morgan fingerprint density at radius 2 is 2.00 bits per heavy atom. The van der Waals surface area contributed by atoms with Crippen LogP contribution in [0.25, 0.3) is 10.2 Å². The summed E-state index contributed by atoms with van der Waals surface area (Å²) in [6.07, 6.45) is 16.7. The molecular weight excluding hydrogens is 382 g/mol. The van der Waals surface area contributed by atoms with E-state index in [1.54, 1.807) is 26.9 Å². The van der Waals surface area contributed by atoms with Crippen LogP contribution in [0.1, 0.15) is 60.9 Å². The van der Waals surface area contributed by atoms with E-state index in [4.69, 9.17) is 0 Å². The van der Waals surface area contributed by atoms with Crippen LogP contribution in [0.3, 0.4) is 0 Å². The zero-order valence-corrected chi connectivity index (χ0v) is 17.9. The maximum atomic E-state index is 13.2. The van der Waals surface area contributed by atoms with Gasteiger partial charge in [-0.25, -0.2) is 4.98 Å². The van der Waals surface area contributed by atoms with E-state index in [1.807, 2.05) is 19.4 Å². The second kappa shape index (κ2) is 8.03. The molecule has 0 aliphatic heterocycles. The minimum Gasteiger partial charge on any atom is -0.311 e. The summed E-state index contributed by atoms with van der Waals surface area (Å²) >= 11 is 1.72. The number of thiophene rings is 1. The molecule has 154 valence electrons. The highest BCUT2D eigenvalue weighted by Crippen LogP contribution is 2.34. The molecule has 5 rings (SSSR count). The van der Waals surface area contributed by atoms with Gasteiger partial charge in [-0.2, -0.15) is 5.10 Å². The van der Waals surface area contributed by atoms with Gasteiger partial charge in [-0.15, -0.1) is 11.3 Å². The largest absolute Gasteiger partial charge is 0.311 e. The number of nitrogens with one attached hydrogen (secondary N) is 1. The smallest absolute Gasteiger partial charge is 0.262 e. The Balaban J connectivity index is 1.37. The summed E-state index contributed by atoms with van der Waals surface area (Å²) in [5.41, 5.74) is 2.36. The Morgan fingerprint density at radius 3 is 2.76 bits per heavy atom. The molecule has 3 heterocycles. The van der Waals surface area contributed by atoms with Gasteiger partial charge < -0.3 is 5.32 Å². The number of rotatable bonds is 4. The van der Waals surface area contributed by atoms with E-state index in [-0.39, 0.29) is 5.56 Å². The van der Waals surface area contributed by atoms with Crippen LogP contribution in [-0.2, 0) is 26.4 Å². The first kappa shape index (κ1) is 19.0. The van der Waals surface area contributed by atoms with E-state index in [1.165, 1.54) is 49.0 Å². The molecule has 0 aromatic carbocycles. The van der Waals surface area contributed by atoms with E-state index in [2.05, 4.69) is 15.4 Å². The molecule has 1 saturated carbocycles. The predicted molar refractivity (Wildman–Crippen MR) is 117 cm³/mol. The Hall–Kier alpha value is -1.99. The van der Waals surface area contributed by atoms with Gasteiger partial charge in [0.15, 0.2) is 0 Å². The van der Waals surface area contributed by atoms with Crippen molar-refractivity contribution in [3.8, 4) is 0 Å². The van der Waals surface area contributed by atoms with Crippen LogP contribution < -0.4 is 10.9 Å². The lowest BCUT2D eigenvalue weighted by Crippen LogP contribution is -2.41. The molecule has 29 heavy (non-hydrogen) atoms. The van der Waals surface area contributed by atoms with Crippen LogP contribution >= 0.6 is 11.3 Å². The monoisotopic (exact) mass is 411 g/mol. The van der Waals surface area contributed by atoms with Crippen LogP contribution in [0.4, 0.5) is 0 Å². The first-order valence-electron chi connectivity index (χ1n) is 10.9. The molecule has 0 bridgehead atoms. The van der Waals surface area contributed by atoms with Gasteiger partial charge in [-0.3, -0.25) is 14.0 Å². The first-order chi connectivity index (χ1) is 14.2. The minimum atomic E-state index is 0.0894. The minimum absolute atomic E-state index is 0.0894. The fourth-order valence-corrected chi connectivity index (χ4v) is 6.24. The SMILES string of the molecule is Cn1cc(Cn2cnc3sc4c(c3c2=O)CC[C@@H](NC2CCCCCC2)C4)cn1. The van der Waals surface area contributed by atoms with Crippen molar-refractivity contribution in [1.82, 2.24) is 24.6 Å². The van der Waals surface area contributed by atoms with E-state index in [9.17, 15) is 4.79 Å². The lowest BCUT2D eigenvalue weighted by molar-refractivity contribution is 0.369. The quantitative estimate of drug-likeness (QED) is 0.668. The summed E-state index contributed by atoms with van der Waals surface area (Å²) in [6.45, 7) is 0.520. The number of aryl methyl sites for hydroxylation is 2. The van der Waals surface area contributed by atoms with Crippen LogP contribution in [0.2, 0.25) is 0 Å². The van der Waals surface area contributed by atoms with E-state index in [0.29, 0.717) is 18.6 Å². The first-order valence-corrected chi connectivity index (χ1v) is 11.7. The molecule has 2 aliphatic rings. The van der Waals surface area contributed by atoms with Gasteiger partial charge in [0.25, 0.3) is 5.56 Å². The number of nitrogens with zero attached hydrogens (tertiary/aromatic N) is 4. The maximum absolute atomic E-state index is 13.2. The summed E-state index contributed by atoms with van der Waals surface area (Å²) in [5.74, 6) is 0. The molecule has 0 amide bonds. The van der Waals surface area contributed by atoms with Gasteiger partial charge in [0.2, 0.25) is 0 Å². The summed E-state index contributed by atoms with van der Waals surface area (Å²) in [6, 6.07) is 1.21. The fourth-order valence-electron chi connectivity index (χ4n) is 4.99. The van der Waals surface area contributed by atoms with Gasteiger partial charge in [-0.1, -0.05) is 25.7 Å². The van der Waals surface area contributed by atoms with Crippen molar-refractivity contribution in [1.29, 1.82) is 0 Å². The Bertz CT molecular complexity index is 1060. The Morgan fingerprint density at radius 1 is 1.17 bits per heavy atom. The maximum Gasteiger partial charge on any atom is 0.262 e. The lowest BCUT2D eigenvalue weighted by Gasteiger charge is -2.28. The second-order valence-corrected chi connectivity index (χ2v) is 9.76. The summed E-state index contributed by atoms with van der Waals surface area (Å²) in [7, 11) is 1.89. The molecule has 1 fully saturated rings. The molecular formula is C22H29N5OS. The van der Waals surface area contributed by atoms with Crippen LogP contribution in [0, 0.1) is 0 Å². The van der Waals surface area contributed by atoms with Gasteiger partial charge in [0.05, 0.1) is 24.5 Å². The lowest BCUT2D eigenvalue weighted by atomic mass is 9.92. The highest BCUT2D eigenvalue weighted by Gasteiger charge is 2.27. The van der Waals surface area contributed by atoms with Crippen LogP contribution in [0.15, 0.2) is 23.5 Å². The van der Waals surface area contributed by atoms with Crippen molar-refractivity contribution < 1.29 is 0 Å². The molecule has 0 unspecified atom stereocenters.